The minimum Gasteiger partial charge on any atom is -0.481 e. The van der Waals surface area contributed by atoms with E-state index in [-0.39, 0.29) is 13.8 Å². The molecular weight excluding hydrogens is 270 g/mol. The van der Waals surface area contributed by atoms with Crippen molar-refractivity contribution in [2.75, 3.05) is 0 Å². The Labute approximate surface area is 121 Å². The molecule has 1 heterocycles. The molecular formula is C16H15NO2S. The van der Waals surface area contributed by atoms with Gasteiger partial charge in [0.1, 0.15) is 5.01 Å². The zero-order valence-corrected chi connectivity index (χ0v) is 10.9. The summed E-state index contributed by atoms with van der Waals surface area (Å²) in [4.78, 5) is 15.3. The average molecular weight is 285 g/mol. The number of fused-ring (bicyclic) bond motifs is 1. The summed E-state index contributed by atoms with van der Waals surface area (Å²) in [7, 11) is 0. The molecule has 4 heteroatoms. The first-order valence-electron chi connectivity index (χ1n) is 5.89. The fourth-order valence-corrected chi connectivity index (χ4v) is 2.91. The zero-order chi connectivity index (χ0) is 13.2. The van der Waals surface area contributed by atoms with Crippen LogP contribution in [0.1, 0.15) is 13.0 Å². The van der Waals surface area contributed by atoms with Crippen molar-refractivity contribution in [1.29, 1.82) is 0 Å². The quantitative estimate of drug-likeness (QED) is 0.783. The van der Waals surface area contributed by atoms with Gasteiger partial charge in [-0.3, -0.25) is 4.79 Å². The molecule has 0 saturated heterocycles. The van der Waals surface area contributed by atoms with Gasteiger partial charge in [-0.25, -0.2) is 4.98 Å². The lowest BCUT2D eigenvalue weighted by atomic mass is 10.1. The molecule has 0 fully saturated rings. The molecule has 0 radical (unpaired) electrons. The minimum absolute atomic E-state index is 0. The van der Waals surface area contributed by atoms with Crippen LogP contribution in [0.5, 0.6) is 0 Å². The maximum Gasteiger partial charge on any atom is 0.307 e. The van der Waals surface area contributed by atoms with Crippen molar-refractivity contribution in [1.82, 2.24) is 4.98 Å². The van der Waals surface area contributed by atoms with Gasteiger partial charge in [0.2, 0.25) is 0 Å². The van der Waals surface area contributed by atoms with Crippen LogP contribution in [0, 0.1) is 0 Å². The van der Waals surface area contributed by atoms with E-state index in [0.29, 0.717) is 0 Å². The van der Waals surface area contributed by atoms with Crippen molar-refractivity contribution in [2.24, 2.45) is 0 Å². The summed E-state index contributed by atoms with van der Waals surface area (Å²) in [5.41, 5.74) is 2.73. The van der Waals surface area contributed by atoms with Gasteiger partial charge in [-0.05, 0) is 17.7 Å². The molecule has 20 heavy (non-hydrogen) atoms. The molecule has 0 aliphatic heterocycles. The fraction of sp³-hybridized carbons (Fsp3) is 0.125. The topological polar surface area (TPSA) is 50.2 Å². The Bertz CT molecular complexity index is 735. The van der Waals surface area contributed by atoms with Crippen LogP contribution in [0.15, 0.2) is 48.5 Å². The molecule has 0 spiro atoms. The van der Waals surface area contributed by atoms with Gasteiger partial charge in [-0.2, -0.15) is 0 Å². The summed E-state index contributed by atoms with van der Waals surface area (Å²) in [5, 5.41) is 9.77. The molecule has 0 amide bonds. The lowest BCUT2D eigenvalue weighted by Gasteiger charge is -1.95. The highest BCUT2D eigenvalue weighted by Crippen LogP contribution is 2.30. The summed E-state index contributed by atoms with van der Waals surface area (Å²) in [6.07, 6.45) is 0.0359. The number of rotatable bonds is 3. The highest BCUT2D eigenvalue weighted by atomic mass is 32.1. The van der Waals surface area contributed by atoms with Crippen molar-refractivity contribution < 1.29 is 9.90 Å². The van der Waals surface area contributed by atoms with E-state index in [9.17, 15) is 4.79 Å². The van der Waals surface area contributed by atoms with E-state index in [0.717, 1.165) is 26.4 Å². The number of carbonyl (C=O) groups is 1. The van der Waals surface area contributed by atoms with Crippen LogP contribution in [-0.2, 0) is 11.2 Å². The van der Waals surface area contributed by atoms with Crippen molar-refractivity contribution >= 4 is 27.5 Å². The second kappa shape index (κ2) is 5.84. The Kier molecular flexibility index (Phi) is 4.15. The van der Waals surface area contributed by atoms with Gasteiger partial charge in [-0.1, -0.05) is 43.8 Å². The van der Waals surface area contributed by atoms with Crippen LogP contribution in [0.2, 0.25) is 0 Å². The average Bonchev–Trinajstić information content (AvgIpc) is 2.82. The van der Waals surface area contributed by atoms with Gasteiger partial charge in [0.25, 0.3) is 0 Å². The maximum atomic E-state index is 10.7. The number of thiazole rings is 1. The van der Waals surface area contributed by atoms with E-state index >= 15 is 0 Å². The SMILES string of the molecule is C.O=C(O)Cc1ccc2sc(-c3ccccc3)nc2c1. The van der Waals surface area contributed by atoms with Crippen LogP contribution in [0.25, 0.3) is 20.8 Å². The molecule has 1 N–H and O–H groups in total. The van der Waals surface area contributed by atoms with E-state index in [1.807, 2.05) is 48.5 Å². The second-order valence-electron chi connectivity index (χ2n) is 4.26. The number of aromatic nitrogens is 1. The molecule has 0 unspecified atom stereocenters. The fourth-order valence-electron chi connectivity index (χ4n) is 1.96. The molecule has 0 bridgehead atoms. The summed E-state index contributed by atoms with van der Waals surface area (Å²) < 4.78 is 1.08. The van der Waals surface area contributed by atoms with Crippen molar-refractivity contribution in [3.8, 4) is 10.6 Å². The first-order valence-corrected chi connectivity index (χ1v) is 6.71. The maximum absolute atomic E-state index is 10.7. The molecule has 0 aliphatic carbocycles. The van der Waals surface area contributed by atoms with Gasteiger partial charge >= 0.3 is 5.97 Å². The lowest BCUT2D eigenvalue weighted by Crippen LogP contribution is -1.99. The van der Waals surface area contributed by atoms with Crippen molar-refractivity contribution in [3.63, 3.8) is 0 Å². The van der Waals surface area contributed by atoms with E-state index < -0.39 is 5.97 Å². The molecule has 1 aromatic heterocycles. The number of aliphatic carboxylic acids is 1. The number of benzene rings is 2. The lowest BCUT2D eigenvalue weighted by molar-refractivity contribution is -0.136. The number of hydrogen-bond donors (Lipinski definition) is 1. The van der Waals surface area contributed by atoms with Crippen LogP contribution in [0.4, 0.5) is 0 Å². The second-order valence-corrected chi connectivity index (χ2v) is 5.29. The standard InChI is InChI=1S/C15H11NO2S.CH4/c17-14(18)9-10-6-7-13-12(8-10)16-15(19-13)11-4-2-1-3-5-11;/h1-8H,9H2,(H,17,18);1H4. The van der Waals surface area contributed by atoms with E-state index in [4.69, 9.17) is 5.11 Å². The summed E-state index contributed by atoms with van der Waals surface area (Å²) in [5.74, 6) is -0.821. The first kappa shape index (κ1) is 14.2. The molecule has 3 aromatic rings. The molecule has 0 atom stereocenters. The monoisotopic (exact) mass is 285 g/mol. The smallest absolute Gasteiger partial charge is 0.307 e. The Balaban J connectivity index is 0.00000147. The third kappa shape index (κ3) is 2.86. The largest absolute Gasteiger partial charge is 0.481 e. The molecule has 2 aromatic carbocycles. The third-order valence-corrected chi connectivity index (χ3v) is 3.91. The van der Waals surface area contributed by atoms with E-state index in [2.05, 4.69) is 4.98 Å². The molecule has 3 rings (SSSR count). The first-order chi connectivity index (χ1) is 9.22. The molecule has 0 saturated carbocycles. The van der Waals surface area contributed by atoms with Gasteiger partial charge in [-0.15, -0.1) is 11.3 Å². The van der Waals surface area contributed by atoms with Crippen molar-refractivity contribution in [2.45, 2.75) is 13.8 Å². The minimum atomic E-state index is -0.821. The third-order valence-electron chi connectivity index (χ3n) is 2.83. The van der Waals surface area contributed by atoms with E-state index in [1.165, 1.54) is 0 Å². The number of nitrogens with zero attached hydrogens (tertiary/aromatic N) is 1. The normalized spacial score (nSPS) is 10.2. The van der Waals surface area contributed by atoms with Crippen LogP contribution < -0.4 is 0 Å². The molecule has 102 valence electrons. The summed E-state index contributed by atoms with van der Waals surface area (Å²) in [6, 6.07) is 15.6. The number of hydrogen-bond acceptors (Lipinski definition) is 3. The van der Waals surface area contributed by atoms with Gasteiger partial charge in [0, 0.05) is 5.56 Å². The summed E-state index contributed by atoms with van der Waals surface area (Å²) >= 11 is 1.62. The van der Waals surface area contributed by atoms with Crippen molar-refractivity contribution in [3.05, 3.63) is 54.1 Å². The van der Waals surface area contributed by atoms with Crippen LogP contribution in [-0.4, -0.2) is 16.1 Å². The number of carboxylic acid groups (broad SMARTS) is 1. The Morgan fingerprint density at radius 3 is 2.60 bits per heavy atom. The Hall–Kier alpha value is -2.20. The Morgan fingerprint density at radius 2 is 1.90 bits per heavy atom. The predicted molar refractivity (Wildman–Crippen MR) is 83.1 cm³/mol. The van der Waals surface area contributed by atoms with Crippen LogP contribution in [0.3, 0.4) is 0 Å². The van der Waals surface area contributed by atoms with Gasteiger partial charge in [0.15, 0.2) is 0 Å². The van der Waals surface area contributed by atoms with Gasteiger partial charge < -0.3 is 5.11 Å². The highest BCUT2D eigenvalue weighted by Gasteiger charge is 2.08. The molecule has 3 nitrogen and oxygen atoms in total. The van der Waals surface area contributed by atoms with E-state index in [1.54, 1.807) is 11.3 Å². The molecule has 0 aliphatic rings. The van der Waals surface area contributed by atoms with Gasteiger partial charge in [0.05, 0.1) is 16.6 Å². The predicted octanol–water partition coefficient (Wildman–Crippen LogP) is 4.23. The zero-order valence-electron chi connectivity index (χ0n) is 10.0. The van der Waals surface area contributed by atoms with Crippen LogP contribution >= 0.6 is 11.3 Å². The Morgan fingerprint density at radius 1 is 1.15 bits per heavy atom. The summed E-state index contributed by atoms with van der Waals surface area (Å²) in [6.45, 7) is 0. The highest BCUT2D eigenvalue weighted by molar-refractivity contribution is 7.21. The number of carboxylic acids is 1.